The van der Waals surface area contributed by atoms with Crippen LogP contribution in [0.25, 0.3) is 0 Å². The summed E-state index contributed by atoms with van der Waals surface area (Å²) in [6, 6.07) is 25.6. The monoisotopic (exact) mass is 1360 g/mol. The van der Waals surface area contributed by atoms with Gasteiger partial charge in [0.2, 0.25) is 11.8 Å². The van der Waals surface area contributed by atoms with Crippen LogP contribution in [0.15, 0.2) is 83.8 Å². The highest BCUT2D eigenvalue weighted by Gasteiger charge is 2.41. The summed E-state index contributed by atoms with van der Waals surface area (Å²) in [4.78, 5) is 43.8. The van der Waals surface area contributed by atoms with Gasteiger partial charge in [-0.3, -0.25) is 14.4 Å². The number of ether oxygens (including phenoxy) is 3. The summed E-state index contributed by atoms with van der Waals surface area (Å²) in [5.74, 6) is 2.65. The molecule has 9 rings (SSSR count). The molecular formula is C81H140N6O10. The van der Waals surface area contributed by atoms with Gasteiger partial charge in [-0.2, -0.15) is 0 Å². The van der Waals surface area contributed by atoms with Crippen molar-refractivity contribution in [1.82, 2.24) is 30.8 Å². The number of aromatic amines is 1. The standard InChI is InChI=1S/C16H24N2O.C14H20O4.C11H17N3O2.C11H16.C10H20.C8H17N.C7H14O3.2C2H6/c1-12-5-7-13(8-6-12)14-11-18(10-9-17-14)15(19)16(2,3)4;1-9-3-5-11(6-4-9)7-17-8-12-14(16)13(15)10(2)18-12;1-7-5-12-8(14-9(7)15)6-13-10(16)11(2,3)4;1-9-5-7-10(8-6-9)11(2,3)4;1-10(2,3)8-9-6-4-5-7-9;1-8(2,3)4-7-5-9-6-7;1-3-5-7(9)6(8)4(2)10-5;2*1-2/h5-8,14,17H,9-11H2,1-4H3;3-6,10,12-16H,7-8H2,1-2H3;5H,6H2,1-4H3,(H,13,16)(H,12,14,15);5-8H,1-4H3;9H,4-8H2,1-3H3;7,9H,4-6H2,1-3H3;4-9H,3H2,1-2H3;2*1-2H3/t;10-,12+,13-,14+;;;;;4-,5+,6-,7+;;/m.0....0../s1. The van der Waals surface area contributed by atoms with Crippen molar-refractivity contribution in [3.8, 4) is 0 Å². The van der Waals surface area contributed by atoms with Crippen LogP contribution >= 0.6 is 0 Å². The van der Waals surface area contributed by atoms with Crippen LogP contribution in [0, 0.1) is 61.2 Å². The van der Waals surface area contributed by atoms with E-state index >= 15 is 0 Å². The Hall–Kier alpha value is -4.88. The highest BCUT2D eigenvalue weighted by Crippen LogP contribution is 2.35. The smallest absolute Gasteiger partial charge is 0.253 e. The van der Waals surface area contributed by atoms with E-state index in [1.807, 2.05) is 112 Å². The van der Waals surface area contributed by atoms with Crippen LogP contribution in [-0.4, -0.2) is 135 Å². The van der Waals surface area contributed by atoms with Gasteiger partial charge in [-0.1, -0.05) is 254 Å². The molecule has 16 heteroatoms. The Morgan fingerprint density at radius 1 is 0.639 bits per heavy atom. The Morgan fingerprint density at radius 3 is 1.48 bits per heavy atom. The molecule has 4 aromatic rings. The largest absolute Gasteiger partial charge is 0.388 e. The summed E-state index contributed by atoms with van der Waals surface area (Å²) in [7, 11) is 0. The number of aromatic nitrogens is 2. The second kappa shape index (κ2) is 43.7. The topological polar surface area (TPSA) is 228 Å². The molecule has 4 aliphatic heterocycles. The summed E-state index contributed by atoms with van der Waals surface area (Å²) in [5, 5.41) is 47.2. The quantitative estimate of drug-likeness (QED) is 0.0740. The normalized spacial score (nSPS) is 22.4. The minimum absolute atomic E-state index is 0.0734. The van der Waals surface area contributed by atoms with Gasteiger partial charge in [0, 0.05) is 48.3 Å². The molecule has 0 spiro atoms. The molecule has 5 aliphatic rings. The second-order valence-corrected chi connectivity index (χ2v) is 32.1. The number of nitrogens with zero attached hydrogens (tertiary/aromatic N) is 2. The van der Waals surface area contributed by atoms with Gasteiger partial charge >= 0.3 is 0 Å². The summed E-state index contributed by atoms with van der Waals surface area (Å²) in [5.41, 5.74) is 8.60. The van der Waals surface area contributed by atoms with Crippen molar-refractivity contribution in [2.45, 2.75) is 298 Å². The number of amides is 2. The molecule has 16 nitrogen and oxygen atoms in total. The van der Waals surface area contributed by atoms with E-state index in [2.05, 4.69) is 151 Å². The van der Waals surface area contributed by atoms with Gasteiger partial charge in [0.15, 0.2) is 0 Å². The molecule has 9 atom stereocenters. The lowest BCUT2D eigenvalue weighted by Crippen LogP contribution is -2.51. The van der Waals surface area contributed by atoms with Gasteiger partial charge in [0.25, 0.3) is 5.56 Å². The van der Waals surface area contributed by atoms with Crippen molar-refractivity contribution in [1.29, 1.82) is 0 Å². The van der Waals surface area contributed by atoms with Crippen molar-refractivity contribution < 1.29 is 44.2 Å². The molecule has 1 unspecified atom stereocenters. The second-order valence-electron chi connectivity index (χ2n) is 32.1. The number of rotatable bonds is 10. The third-order valence-corrected chi connectivity index (χ3v) is 17.0. The zero-order chi connectivity index (χ0) is 74.2. The van der Waals surface area contributed by atoms with Gasteiger partial charge < -0.3 is 60.5 Å². The van der Waals surface area contributed by atoms with E-state index in [0.717, 1.165) is 43.5 Å². The Bertz CT molecular complexity index is 2820. The molecule has 4 saturated heterocycles. The number of piperazine rings is 1. The summed E-state index contributed by atoms with van der Waals surface area (Å²) >= 11 is 0. The van der Waals surface area contributed by atoms with Gasteiger partial charge in [0.1, 0.15) is 36.3 Å². The third-order valence-electron chi connectivity index (χ3n) is 17.0. The first-order chi connectivity index (χ1) is 45.1. The minimum atomic E-state index is -0.863. The number of H-pyrrole nitrogens is 1. The van der Waals surface area contributed by atoms with Crippen molar-refractivity contribution in [2.75, 3.05) is 39.3 Å². The fourth-order valence-corrected chi connectivity index (χ4v) is 11.3. The maximum absolute atomic E-state index is 12.3. The number of benzene rings is 3. The highest BCUT2D eigenvalue weighted by atomic mass is 16.6. The molecular weight excluding hydrogens is 1220 g/mol. The first-order valence-electron chi connectivity index (χ1n) is 36.4. The van der Waals surface area contributed by atoms with E-state index in [0.29, 0.717) is 28.8 Å². The van der Waals surface area contributed by atoms with Crippen LogP contribution in [0.3, 0.4) is 0 Å². The fourth-order valence-electron chi connectivity index (χ4n) is 11.3. The first kappa shape index (κ1) is 90.1. The van der Waals surface area contributed by atoms with Crippen molar-refractivity contribution in [3.63, 3.8) is 0 Å². The van der Waals surface area contributed by atoms with E-state index in [4.69, 9.17) is 14.2 Å². The Morgan fingerprint density at radius 2 is 1.10 bits per heavy atom. The van der Waals surface area contributed by atoms with Gasteiger partial charge in [0.05, 0.1) is 38.1 Å². The molecule has 5 fully saturated rings. The van der Waals surface area contributed by atoms with Crippen molar-refractivity contribution in [2.24, 2.45) is 33.5 Å². The van der Waals surface area contributed by atoms with E-state index in [9.17, 15) is 34.8 Å². The lowest BCUT2D eigenvalue weighted by Gasteiger charge is -2.37. The van der Waals surface area contributed by atoms with Gasteiger partial charge in [-0.25, -0.2) is 4.98 Å². The highest BCUT2D eigenvalue weighted by molar-refractivity contribution is 5.82. The maximum atomic E-state index is 12.3. The molecule has 97 heavy (non-hydrogen) atoms. The van der Waals surface area contributed by atoms with E-state index in [1.54, 1.807) is 20.8 Å². The van der Waals surface area contributed by atoms with Crippen LogP contribution in [0.2, 0.25) is 0 Å². The summed E-state index contributed by atoms with van der Waals surface area (Å²) in [6.45, 7) is 59.4. The molecule has 1 aliphatic carbocycles. The minimum Gasteiger partial charge on any atom is -0.388 e. The fraction of sp³-hybridized carbons (Fsp3) is 0.704. The maximum Gasteiger partial charge on any atom is 0.253 e. The molecule has 0 radical (unpaired) electrons. The molecule has 1 aromatic heterocycles. The number of carbonyl (C=O) groups excluding carboxylic acids is 2. The number of aliphatic hydroxyl groups is 4. The third kappa shape index (κ3) is 35.8. The van der Waals surface area contributed by atoms with Crippen molar-refractivity contribution in [3.05, 3.63) is 134 Å². The molecule has 5 heterocycles. The van der Waals surface area contributed by atoms with Gasteiger partial charge in [-0.05, 0) is 119 Å². The molecule has 0 bridgehead atoms. The average molecular weight is 1360 g/mol. The SMILES string of the molecule is CC.CC.CC(C)(C)CC1CCCC1.CC(C)(C)CC1CNC1.CC[C@H]1O[C@@H](C)[C@H](O)[C@@H]1O.Cc1ccc(C(C)(C)C)cc1.Cc1ccc(C2CN(C(=O)C(C)(C)C)CCN2)cc1.Cc1ccc(COC[C@H]2O[C@@H](C)[C@H](O)[C@@H]2O)cc1.Cc1cnc(CNC(=O)C(C)(C)C)[nH]c1=O. The van der Waals surface area contributed by atoms with Crippen LogP contribution in [0.4, 0.5) is 0 Å². The van der Waals surface area contributed by atoms with Crippen LogP contribution in [0.5, 0.6) is 0 Å². The molecule has 1 saturated carbocycles. The van der Waals surface area contributed by atoms with Crippen LogP contribution in [0.1, 0.15) is 248 Å². The number of hydrogen-bond donors (Lipinski definition) is 8. The molecule has 8 N–H and O–H groups in total. The van der Waals surface area contributed by atoms with Crippen LogP contribution in [-0.2, 0) is 42.4 Å². The predicted molar refractivity (Wildman–Crippen MR) is 402 cm³/mol. The summed E-state index contributed by atoms with van der Waals surface area (Å²) in [6.07, 6.45) is 6.77. The average Bonchev–Trinajstić information content (AvgIpc) is 1.88. The number of hydrogen-bond acceptors (Lipinski definition) is 13. The molecule has 2 amide bonds. The zero-order valence-electron chi connectivity index (χ0n) is 65.6. The number of nitrogens with one attached hydrogen (secondary N) is 4. The van der Waals surface area contributed by atoms with Crippen molar-refractivity contribution >= 4 is 11.8 Å². The Kier molecular flexibility index (Phi) is 40.6. The van der Waals surface area contributed by atoms with E-state index in [-0.39, 0.29) is 65.7 Å². The van der Waals surface area contributed by atoms with E-state index in [1.165, 1.54) is 85.6 Å². The lowest BCUT2D eigenvalue weighted by atomic mass is 9.82. The van der Waals surface area contributed by atoms with Gasteiger partial charge in [-0.15, -0.1) is 0 Å². The molecule has 3 aromatic carbocycles. The zero-order valence-corrected chi connectivity index (χ0v) is 65.6. The number of aryl methyl sites for hydroxylation is 4. The summed E-state index contributed by atoms with van der Waals surface area (Å²) < 4.78 is 16.2. The van der Waals surface area contributed by atoms with E-state index < -0.39 is 35.9 Å². The lowest BCUT2D eigenvalue weighted by molar-refractivity contribution is -0.140. The Balaban J connectivity index is 0.000000570. The van der Waals surface area contributed by atoms with Crippen LogP contribution < -0.4 is 21.5 Å². The number of carbonyl (C=O) groups is 2. The molecule has 554 valence electrons. The first-order valence-corrected chi connectivity index (χ1v) is 36.4. The Labute approximate surface area is 589 Å². The number of aliphatic hydroxyl groups excluding tert-OH is 4. The predicted octanol–water partition coefficient (Wildman–Crippen LogP) is 14.8.